The molecule has 2 atom stereocenters. The molecule has 0 aliphatic heterocycles. The lowest BCUT2D eigenvalue weighted by atomic mass is 9.90. The van der Waals surface area contributed by atoms with Crippen LogP contribution in [0.2, 0.25) is 0 Å². The monoisotopic (exact) mass is 802 g/mol. The molecule has 6 rings (SSSR count). The molecule has 13 heteroatoms. The summed E-state index contributed by atoms with van der Waals surface area (Å²) in [7, 11) is 0. The van der Waals surface area contributed by atoms with Crippen molar-refractivity contribution in [3.63, 3.8) is 0 Å². The van der Waals surface area contributed by atoms with Gasteiger partial charge in [-0.1, -0.05) is 72.8 Å². The van der Waals surface area contributed by atoms with E-state index in [2.05, 4.69) is 0 Å². The normalized spacial score (nSPS) is 13.7. The molecule has 0 spiro atoms. The Labute approximate surface area is 319 Å². The summed E-state index contributed by atoms with van der Waals surface area (Å²) in [5, 5.41) is 0. The molecule has 0 aliphatic rings. The quantitative estimate of drug-likeness (QED) is 0.139. The highest BCUT2D eigenvalue weighted by molar-refractivity contribution is 5.79. The van der Waals surface area contributed by atoms with Crippen LogP contribution < -0.4 is 0 Å². The fourth-order valence-electron chi connectivity index (χ4n) is 6.79. The molecular formula is C44H30F12O. The predicted octanol–water partition coefficient (Wildman–Crippen LogP) is 15.3. The molecule has 0 saturated carbocycles. The predicted molar refractivity (Wildman–Crippen MR) is 193 cm³/mol. The summed E-state index contributed by atoms with van der Waals surface area (Å²) in [6.45, 7) is 2.96. The maximum Gasteiger partial charge on any atom is 0.417 e. The van der Waals surface area contributed by atoms with Gasteiger partial charge >= 0.3 is 24.7 Å². The lowest BCUT2D eigenvalue weighted by molar-refractivity contribution is -0.137. The molecule has 0 amide bonds. The maximum atomic E-state index is 14.2. The van der Waals surface area contributed by atoms with Crippen LogP contribution >= 0.6 is 0 Å². The van der Waals surface area contributed by atoms with Crippen LogP contribution in [0.25, 0.3) is 44.5 Å². The molecule has 0 fully saturated rings. The number of halogens is 12. The van der Waals surface area contributed by atoms with E-state index >= 15 is 0 Å². The first-order valence-corrected chi connectivity index (χ1v) is 17.2. The molecular weight excluding hydrogens is 772 g/mol. The Morgan fingerprint density at radius 3 is 0.754 bits per heavy atom. The molecule has 57 heavy (non-hydrogen) atoms. The van der Waals surface area contributed by atoms with Gasteiger partial charge in [-0.3, -0.25) is 0 Å². The molecule has 0 heterocycles. The second-order valence-corrected chi connectivity index (χ2v) is 13.3. The molecule has 0 unspecified atom stereocenters. The number of hydrogen-bond donors (Lipinski definition) is 0. The van der Waals surface area contributed by atoms with Gasteiger partial charge in [0.15, 0.2) is 0 Å². The van der Waals surface area contributed by atoms with Crippen molar-refractivity contribution in [1.29, 1.82) is 0 Å². The van der Waals surface area contributed by atoms with E-state index in [0.29, 0.717) is 0 Å². The van der Waals surface area contributed by atoms with Gasteiger partial charge in [0.25, 0.3) is 0 Å². The Kier molecular flexibility index (Phi) is 11.1. The Bertz CT molecular complexity index is 2070. The zero-order valence-corrected chi connectivity index (χ0v) is 29.8. The van der Waals surface area contributed by atoms with E-state index < -0.39 is 59.2 Å². The third kappa shape index (κ3) is 9.04. The summed E-state index contributed by atoms with van der Waals surface area (Å²) in [5.74, 6) is 0. The van der Waals surface area contributed by atoms with Gasteiger partial charge in [-0.2, -0.15) is 52.7 Å². The lowest BCUT2D eigenvalue weighted by Gasteiger charge is -2.24. The minimum Gasteiger partial charge on any atom is -0.366 e. The topological polar surface area (TPSA) is 9.23 Å². The maximum absolute atomic E-state index is 14.2. The number of rotatable bonds is 8. The summed E-state index contributed by atoms with van der Waals surface area (Å²) >= 11 is 0. The van der Waals surface area contributed by atoms with E-state index in [0.717, 1.165) is 24.3 Å². The van der Waals surface area contributed by atoms with Gasteiger partial charge in [-0.05, 0) is 130 Å². The average molecular weight is 803 g/mol. The third-order valence-corrected chi connectivity index (χ3v) is 9.43. The van der Waals surface area contributed by atoms with Crippen molar-refractivity contribution >= 4 is 0 Å². The van der Waals surface area contributed by atoms with Crippen molar-refractivity contribution in [3.8, 4) is 44.5 Å². The number of benzene rings is 6. The van der Waals surface area contributed by atoms with Gasteiger partial charge < -0.3 is 4.74 Å². The fourth-order valence-corrected chi connectivity index (χ4v) is 6.79. The van der Waals surface area contributed by atoms with Crippen LogP contribution in [-0.4, -0.2) is 0 Å². The summed E-state index contributed by atoms with van der Waals surface area (Å²) in [6, 6.07) is 25.9. The highest BCUT2D eigenvalue weighted by Gasteiger charge is 2.37. The van der Waals surface area contributed by atoms with E-state index in [1.807, 2.05) is 0 Å². The Morgan fingerprint density at radius 2 is 0.544 bits per heavy atom. The van der Waals surface area contributed by atoms with Crippen molar-refractivity contribution < 1.29 is 57.4 Å². The van der Waals surface area contributed by atoms with Crippen molar-refractivity contribution in [2.45, 2.75) is 50.8 Å². The highest BCUT2D eigenvalue weighted by Crippen LogP contribution is 2.45. The summed E-state index contributed by atoms with van der Waals surface area (Å²) in [4.78, 5) is 0. The van der Waals surface area contributed by atoms with Crippen molar-refractivity contribution in [1.82, 2.24) is 0 Å². The largest absolute Gasteiger partial charge is 0.417 e. The first-order valence-electron chi connectivity index (χ1n) is 17.2. The lowest BCUT2D eigenvalue weighted by Crippen LogP contribution is -2.10. The molecule has 0 aliphatic carbocycles. The Morgan fingerprint density at radius 1 is 0.333 bits per heavy atom. The van der Waals surface area contributed by atoms with Gasteiger partial charge in [0, 0.05) is 0 Å². The summed E-state index contributed by atoms with van der Waals surface area (Å²) in [6.07, 6.45) is -21.5. The first kappa shape index (κ1) is 41.1. The average Bonchev–Trinajstić information content (AvgIpc) is 3.16. The van der Waals surface area contributed by atoms with E-state index in [1.54, 1.807) is 0 Å². The number of hydrogen-bond acceptors (Lipinski definition) is 1. The van der Waals surface area contributed by atoms with E-state index in [-0.39, 0.29) is 55.6 Å². The Hall–Kier alpha value is -5.56. The fraction of sp³-hybridized carbons (Fsp3) is 0.182. The standard InChI is InChI=1S/C44H30F12O/c1-25(27-19-29(33-11-3-7-15-37(33)41(45,46)47)23-30(20-27)34-12-4-8-16-38(34)42(48,49)50)57-26(2)28-21-31(35-13-5-9-17-39(35)43(51,52)53)24-32(22-28)36-14-6-10-18-40(36)44(54,55)56/h3-26H,1-2H3/t25-,26-/m1/s1. The molecule has 0 bridgehead atoms. The van der Waals surface area contributed by atoms with Gasteiger partial charge in [0.1, 0.15) is 0 Å². The van der Waals surface area contributed by atoms with Crippen molar-refractivity contribution in [2.24, 2.45) is 0 Å². The molecule has 1 nitrogen and oxygen atoms in total. The van der Waals surface area contributed by atoms with E-state index in [9.17, 15) is 52.7 Å². The van der Waals surface area contributed by atoms with Gasteiger partial charge in [0.2, 0.25) is 0 Å². The third-order valence-electron chi connectivity index (χ3n) is 9.43. The highest BCUT2D eigenvalue weighted by atomic mass is 19.4. The zero-order valence-electron chi connectivity index (χ0n) is 29.8. The van der Waals surface area contributed by atoms with Gasteiger partial charge in [-0.25, -0.2) is 0 Å². The number of alkyl halides is 12. The minimum atomic E-state index is -4.83. The van der Waals surface area contributed by atoms with E-state index in [4.69, 9.17) is 4.74 Å². The van der Waals surface area contributed by atoms with Crippen molar-refractivity contribution in [3.05, 3.63) is 167 Å². The smallest absolute Gasteiger partial charge is 0.366 e. The molecule has 6 aromatic rings. The summed E-state index contributed by atoms with van der Waals surface area (Å²) in [5.41, 5.74) is -5.45. The SMILES string of the molecule is C[C@@H](O[C@H](C)c1cc(-c2ccccc2C(F)(F)F)cc(-c2ccccc2C(F)(F)F)c1)c1cc(-c2ccccc2C(F)(F)F)cc(-c2ccccc2C(F)(F)F)c1. The zero-order chi connectivity index (χ0) is 41.5. The molecule has 0 radical (unpaired) electrons. The van der Waals surface area contributed by atoms with Crippen molar-refractivity contribution in [2.75, 3.05) is 0 Å². The molecule has 0 aromatic heterocycles. The summed E-state index contributed by atoms with van der Waals surface area (Å²) < 4.78 is 177. The van der Waals surface area contributed by atoms with Crippen LogP contribution in [0.1, 0.15) is 59.4 Å². The number of ether oxygens (including phenoxy) is 1. The van der Waals surface area contributed by atoms with Crippen LogP contribution in [0.3, 0.4) is 0 Å². The van der Waals surface area contributed by atoms with Gasteiger partial charge in [-0.15, -0.1) is 0 Å². The minimum absolute atomic E-state index is 0.0766. The molecule has 0 saturated heterocycles. The second-order valence-electron chi connectivity index (χ2n) is 13.3. The molecule has 296 valence electrons. The first-order chi connectivity index (χ1) is 26.6. The molecule has 6 aromatic carbocycles. The van der Waals surface area contributed by atoms with Crippen LogP contribution in [0.5, 0.6) is 0 Å². The van der Waals surface area contributed by atoms with E-state index in [1.165, 1.54) is 123 Å². The Balaban J connectivity index is 1.50. The van der Waals surface area contributed by atoms with Gasteiger partial charge in [0.05, 0.1) is 34.5 Å². The second kappa shape index (κ2) is 15.4. The van der Waals surface area contributed by atoms with Crippen LogP contribution in [0.4, 0.5) is 52.7 Å². The van der Waals surface area contributed by atoms with Crippen LogP contribution in [0, 0.1) is 0 Å². The molecule has 0 N–H and O–H groups in total. The van der Waals surface area contributed by atoms with Crippen LogP contribution in [-0.2, 0) is 29.4 Å². The van der Waals surface area contributed by atoms with Crippen LogP contribution in [0.15, 0.2) is 133 Å².